The van der Waals surface area contributed by atoms with Crippen molar-refractivity contribution in [3.05, 3.63) is 36.0 Å². The molecular weight excluding hydrogens is 228 g/mol. The Morgan fingerprint density at radius 3 is 3.25 bits per heavy atom. The number of aromatic amines is 1. The number of furan rings is 1. The van der Waals surface area contributed by atoms with Crippen LogP contribution in [0.3, 0.4) is 0 Å². The number of rotatable bonds is 4. The van der Waals surface area contributed by atoms with Crippen LogP contribution in [0.4, 0.5) is 0 Å². The van der Waals surface area contributed by atoms with Crippen LogP contribution in [-0.2, 0) is 5.75 Å². The molecule has 0 atom stereocenters. The molecule has 2 aromatic heterocycles. The Morgan fingerprint density at radius 2 is 2.56 bits per heavy atom. The van der Waals surface area contributed by atoms with Gasteiger partial charge in [-0.2, -0.15) is 0 Å². The number of hydrogen-bond donors (Lipinski definition) is 3. The highest BCUT2D eigenvalue weighted by Crippen LogP contribution is 2.21. The van der Waals surface area contributed by atoms with Crippen molar-refractivity contribution in [3.8, 4) is 0 Å². The lowest BCUT2D eigenvalue weighted by Crippen LogP contribution is -2.30. The fraction of sp³-hybridized carbons (Fsp3) is 0.111. The van der Waals surface area contributed by atoms with E-state index in [1.165, 1.54) is 18.0 Å². The minimum absolute atomic E-state index is 0.358. The number of nitrogen functional groups attached to an aromatic ring is 1. The summed E-state index contributed by atoms with van der Waals surface area (Å²) in [7, 11) is 0. The number of amides is 1. The number of nitrogens with zero attached hydrogens (tertiary/aromatic N) is 1. The number of aromatic nitrogens is 2. The second-order valence-electron chi connectivity index (χ2n) is 2.91. The van der Waals surface area contributed by atoms with E-state index in [1.54, 1.807) is 18.5 Å². The van der Waals surface area contributed by atoms with Crippen LogP contribution in [0, 0.1) is 0 Å². The van der Waals surface area contributed by atoms with Crippen molar-refractivity contribution >= 4 is 17.7 Å². The van der Waals surface area contributed by atoms with Gasteiger partial charge in [-0.15, -0.1) is 0 Å². The van der Waals surface area contributed by atoms with Crippen LogP contribution in [0.15, 0.2) is 34.3 Å². The first-order valence-electron chi connectivity index (χ1n) is 4.50. The SMILES string of the molecule is NNC(=O)c1ccoc1CSc1ncc[nH]1. The molecule has 4 N–H and O–H groups in total. The van der Waals surface area contributed by atoms with Crippen molar-refractivity contribution in [1.29, 1.82) is 0 Å². The van der Waals surface area contributed by atoms with Gasteiger partial charge in [-0.1, -0.05) is 11.8 Å². The maximum Gasteiger partial charge on any atom is 0.268 e. The van der Waals surface area contributed by atoms with Gasteiger partial charge >= 0.3 is 0 Å². The Hall–Kier alpha value is -1.73. The number of H-pyrrole nitrogens is 1. The molecule has 0 aliphatic rings. The third-order valence-corrected chi connectivity index (χ3v) is 2.84. The van der Waals surface area contributed by atoms with Gasteiger partial charge in [0.1, 0.15) is 5.76 Å². The lowest BCUT2D eigenvalue weighted by atomic mass is 10.2. The fourth-order valence-corrected chi connectivity index (χ4v) is 1.97. The van der Waals surface area contributed by atoms with Gasteiger partial charge in [0.05, 0.1) is 17.6 Å². The minimum Gasteiger partial charge on any atom is -0.468 e. The Balaban J connectivity index is 2.04. The van der Waals surface area contributed by atoms with Crippen LogP contribution >= 0.6 is 11.8 Å². The van der Waals surface area contributed by atoms with E-state index in [1.807, 2.05) is 0 Å². The Kier molecular flexibility index (Phi) is 3.28. The molecule has 2 heterocycles. The largest absolute Gasteiger partial charge is 0.468 e. The molecule has 6 nitrogen and oxygen atoms in total. The molecule has 0 unspecified atom stereocenters. The molecule has 16 heavy (non-hydrogen) atoms. The molecule has 7 heteroatoms. The van der Waals surface area contributed by atoms with Gasteiger partial charge in [0.2, 0.25) is 0 Å². The van der Waals surface area contributed by atoms with Crippen LogP contribution in [-0.4, -0.2) is 15.9 Å². The van der Waals surface area contributed by atoms with E-state index in [-0.39, 0.29) is 5.91 Å². The van der Waals surface area contributed by atoms with Gasteiger partial charge in [0, 0.05) is 12.4 Å². The number of nitrogens with two attached hydrogens (primary N) is 1. The molecule has 1 amide bonds. The number of carbonyl (C=O) groups is 1. The maximum absolute atomic E-state index is 11.3. The summed E-state index contributed by atoms with van der Waals surface area (Å²) >= 11 is 1.45. The second kappa shape index (κ2) is 4.86. The van der Waals surface area contributed by atoms with E-state index in [0.29, 0.717) is 17.1 Å². The maximum atomic E-state index is 11.3. The van der Waals surface area contributed by atoms with E-state index in [4.69, 9.17) is 10.3 Å². The molecular formula is C9H10N4O2S. The standard InChI is InChI=1S/C9H10N4O2S/c10-13-8(14)6-1-4-15-7(6)5-16-9-11-2-3-12-9/h1-4H,5,10H2,(H,11,12)(H,13,14). The summed E-state index contributed by atoms with van der Waals surface area (Å²) in [5, 5.41) is 0.774. The van der Waals surface area contributed by atoms with E-state index >= 15 is 0 Å². The molecule has 0 radical (unpaired) electrons. The van der Waals surface area contributed by atoms with Crippen LogP contribution < -0.4 is 11.3 Å². The number of nitrogens with one attached hydrogen (secondary N) is 2. The quantitative estimate of drug-likeness (QED) is 0.318. The lowest BCUT2D eigenvalue weighted by Gasteiger charge is -1.99. The third kappa shape index (κ3) is 2.26. The topological polar surface area (TPSA) is 96.9 Å². The van der Waals surface area contributed by atoms with Crippen molar-refractivity contribution in [3.63, 3.8) is 0 Å². The summed E-state index contributed by atoms with van der Waals surface area (Å²) in [6.07, 6.45) is 4.86. The number of hydrogen-bond acceptors (Lipinski definition) is 5. The first-order chi connectivity index (χ1) is 7.81. The molecule has 0 fully saturated rings. The molecule has 0 spiro atoms. The smallest absolute Gasteiger partial charge is 0.268 e. The van der Waals surface area contributed by atoms with Crippen molar-refractivity contribution in [2.75, 3.05) is 0 Å². The Labute approximate surface area is 95.6 Å². The normalized spacial score (nSPS) is 10.3. The third-order valence-electron chi connectivity index (χ3n) is 1.93. The van der Waals surface area contributed by atoms with Gasteiger partial charge in [-0.25, -0.2) is 10.8 Å². The second-order valence-corrected chi connectivity index (χ2v) is 3.88. The monoisotopic (exact) mass is 238 g/mol. The lowest BCUT2D eigenvalue weighted by molar-refractivity contribution is 0.0952. The van der Waals surface area contributed by atoms with Gasteiger partial charge in [0.25, 0.3) is 5.91 Å². The number of thioether (sulfide) groups is 1. The highest BCUT2D eigenvalue weighted by molar-refractivity contribution is 7.98. The summed E-state index contributed by atoms with van der Waals surface area (Å²) in [6.45, 7) is 0. The minimum atomic E-state index is -0.358. The fourth-order valence-electron chi connectivity index (χ4n) is 1.20. The van der Waals surface area contributed by atoms with Crippen molar-refractivity contribution < 1.29 is 9.21 Å². The number of hydrazine groups is 1. The molecule has 0 saturated heterocycles. The van der Waals surface area contributed by atoms with Crippen molar-refractivity contribution in [1.82, 2.24) is 15.4 Å². The van der Waals surface area contributed by atoms with Gasteiger partial charge in [0.15, 0.2) is 5.16 Å². The van der Waals surface area contributed by atoms with E-state index in [9.17, 15) is 4.79 Å². The molecule has 0 bridgehead atoms. The molecule has 2 aromatic rings. The predicted molar refractivity (Wildman–Crippen MR) is 58.5 cm³/mol. The summed E-state index contributed by atoms with van der Waals surface area (Å²) in [5.74, 6) is 5.79. The number of imidazole rings is 1. The molecule has 0 saturated carbocycles. The van der Waals surface area contributed by atoms with Crippen LogP contribution in [0.5, 0.6) is 0 Å². The van der Waals surface area contributed by atoms with E-state index < -0.39 is 0 Å². The van der Waals surface area contributed by atoms with Crippen molar-refractivity contribution in [2.45, 2.75) is 10.9 Å². The Morgan fingerprint density at radius 1 is 1.69 bits per heavy atom. The zero-order valence-corrected chi connectivity index (χ0v) is 9.08. The molecule has 0 aliphatic carbocycles. The summed E-state index contributed by atoms with van der Waals surface area (Å²) in [4.78, 5) is 18.3. The highest BCUT2D eigenvalue weighted by atomic mass is 32.2. The van der Waals surface area contributed by atoms with Gasteiger partial charge in [-0.05, 0) is 6.07 Å². The molecule has 2 rings (SSSR count). The van der Waals surface area contributed by atoms with Crippen LogP contribution in [0.2, 0.25) is 0 Å². The first-order valence-corrected chi connectivity index (χ1v) is 5.49. The summed E-state index contributed by atoms with van der Waals surface area (Å²) in [5.41, 5.74) is 2.52. The van der Waals surface area contributed by atoms with Gasteiger partial charge in [-0.3, -0.25) is 10.2 Å². The molecule has 0 aliphatic heterocycles. The van der Waals surface area contributed by atoms with E-state index in [0.717, 1.165) is 5.16 Å². The Bertz CT molecular complexity index is 466. The average Bonchev–Trinajstić information content (AvgIpc) is 2.96. The molecule has 0 aromatic carbocycles. The average molecular weight is 238 g/mol. The summed E-state index contributed by atoms with van der Waals surface area (Å²) in [6, 6.07) is 1.58. The van der Waals surface area contributed by atoms with Gasteiger partial charge < -0.3 is 9.40 Å². The van der Waals surface area contributed by atoms with Crippen LogP contribution in [0.1, 0.15) is 16.1 Å². The van der Waals surface area contributed by atoms with E-state index in [2.05, 4.69) is 15.4 Å². The van der Waals surface area contributed by atoms with Crippen LogP contribution in [0.25, 0.3) is 0 Å². The number of carbonyl (C=O) groups excluding carboxylic acids is 1. The van der Waals surface area contributed by atoms with Crippen molar-refractivity contribution in [2.24, 2.45) is 5.84 Å². The summed E-state index contributed by atoms with van der Waals surface area (Å²) < 4.78 is 5.21. The highest BCUT2D eigenvalue weighted by Gasteiger charge is 2.13. The molecule has 84 valence electrons. The zero-order chi connectivity index (χ0) is 11.4. The zero-order valence-electron chi connectivity index (χ0n) is 8.27. The first kappa shape index (κ1) is 10.8. The predicted octanol–water partition coefficient (Wildman–Crippen LogP) is 0.898.